The highest BCUT2D eigenvalue weighted by Gasteiger charge is 2.30. The van der Waals surface area contributed by atoms with Crippen LogP contribution in [0, 0.1) is 0 Å². The van der Waals surface area contributed by atoms with Gasteiger partial charge in [-0.15, -0.1) is 0 Å². The summed E-state index contributed by atoms with van der Waals surface area (Å²) in [5, 5.41) is 0. The Morgan fingerprint density at radius 3 is 2.67 bits per heavy atom. The smallest absolute Gasteiger partial charge is 0.266 e. The first-order chi connectivity index (χ1) is 11.7. The van der Waals surface area contributed by atoms with Crippen LogP contribution >= 0.6 is 24.0 Å². The summed E-state index contributed by atoms with van der Waals surface area (Å²) in [6, 6.07) is 8.33. The number of thiocarbonyl (C=S) groups is 1. The fourth-order valence-electron chi connectivity index (χ4n) is 2.87. The van der Waals surface area contributed by atoms with Gasteiger partial charge in [0.15, 0.2) is 0 Å². The van der Waals surface area contributed by atoms with Gasteiger partial charge in [0.1, 0.15) is 4.32 Å². The number of para-hydroxylation sites is 1. The van der Waals surface area contributed by atoms with E-state index in [1.165, 1.54) is 23.0 Å². The van der Waals surface area contributed by atoms with E-state index in [4.69, 9.17) is 12.2 Å². The Labute approximate surface area is 152 Å². The lowest BCUT2D eigenvalue weighted by Gasteiger charge is -2.29. The van der Waals surface area contributed by atoms with Crippen LogP contribution in [0.25, 0.3) is 6.08 Å². The predicted octanol–water partition coefficient (Wildman–Crippen LogP) is 4.58. The number of allylic oxidation sites excluding steroid dienone is 3. The molecule has 2 aliphatic rings. The average molecular weight is 357 g/mol. The Hall–Kier alpha value is -1.85. The van der Waals surface area contributed by atoms with E-state index in [9.17, 15) is 4.79 Å². The van der Waals surface area contributed by atoms with Crippen LogP contribution in [0.1, 0.15) is 25.8 Å². The summed E-state index contributed by atoms with van der Waals surface area (Å²) in [6.45, 7) is 5.74. The molecule has 2 aliphatic heterocycles. The molecular formula is C19H20N2OS2. The number of fused-ring (bicyclic) bond motifs is 1. The standard InChI is InChI=1S/C19H20N2OS2/c1-3-13-21-18(22)17(24-19(21)23)12-11-15-10-9-14-7-5-6-8-16(14)20(15)4-2/h5-12H,3-4,13H2,1-2H3/b15-11-,17-12-. The number of likely N-dealkylation sites (N-methyl/N-ethyl adjacent to an activating group) is 1. The van der Waals surface area contributed by atoms with E-state index < -0.39 is 0 Å². The molecule has 1 amide bonds. The number of hydrogen-bond donors (Lipinski definition) is 0. The van der Waals surface area contributed by atoms with Gasteiger partial charge in [0.25, 0.3) is 5.91 Å². The Bertz CT molecular complexity index is 764. The minimum atomic E-state index is 0.0203. The molecule has 1 fully saturated rings. The van der Waals surface area contributed by atoms with Crippen LogP contribution < -0.4 is 4.90 Å². The highest BCUT2D eigenvalue weighted by atomic mass is 32.2. The SMILES string of the molecule is CCCN1C(=O)/C(=C/C=C2/C=Cc3ccccc3N2CC)SC1=S. The van der Waals surface area contributed by atoms with E-state index in [2.05, 4.69) is 36.1 Å². The van der Waals surface area contributed by atoms with Crippen molar-refractivity contribution in [3.63, 3.8) is 0 Å². The molecule has 0 atom stereocenters. The lowest BCUT2D eigenvalue weighted by Crippen LogP contribution is -2.28. The van der Waals surface area contributed by atoms with Gasteiger partial charge in [-0.25, -0.2) is 0 Å². The molecule has 1 saturated heterocycles. The Morgan fingerprint density at radius 1 is 1.12 bits per heavy atom. The van der Waals surface area contributed by atoms with Crippen LogP contribution in [0.5, 0.6) is 0 Å². The summed E-state index contributed by atoms with van der Waals surface area (Å²) in [5.74, 6) is 0.0203. The van der Waals surface area contributed by atoms with Crippen molar-refractivity contribution in [2.45, 2.75) is 20.3 Å². The molecule has 1 aromatic rings. The highest BCUT2D eigenvalue weighted by Crippen LogP contribution is 2.33. The van der Waals surface area contributed by atoms with Gasteiger partial charge >= 0.3 is 0 Å². The first kappa shape index (κ1) is 17.0. The normalized spacial score (nSPS) is 20.4. The number of benzene rings is 1. The molecule has 0 N–H and O–H groups in total. The number of amides is 1. The molecule has 0 saturated carbocycles. The van der Waals surface area contributed by atoms with Crippen molar-refractivity contribution in [2.24, 2.45) is 0 Å². The fraction of sp³-hybridized carbons (Fsp3) is 0.263. The maximum absolute atomic E-state index is 12.4. The van der Waals surface area contributed by atoms with Gasteiger partial charge in [0.2, 0.25) is 0 Å². The van der Waals surface area contributed by atoms with Gasteiger partial charge in [-0.2, -0.15) is 0 Å². The lowest BCUT2D eigenvalue weighted by molar-refractivity contribution is -0.122. The van der Waals surface area contributed by atoms with Crippen molar-refractivity contribution in [3.8, 4) is 0 Å². The van der Waals surface area contributed by atoms with Crippen molar-refractivity contribution in [2.75, 3.05) is 18.0 Å². The van der Waals surface area contributed by atoms with Gasteiger partial charge in [-0.1, -0.05) is 55.2 Å². The van der Waals surface area contributed by atoms with Crippen molar-refractivity contribution < 1.29 is 4.79 Å². The number of rotatable bonds is 4. The minimum absolute atomic E-state index is 0.0203. The molecule has 124 valence electrons. The van der Waals surface area contributed by atoms with Gasteiger partial charge in [-0.05, 0) is 43.2 Å². The summed E-state index contributed by atoms with van der Waals surface area (Å²) in [7, 11) is 0. The van der Waals surface area contributed by atoms with Crippen LogP contribution in [0.15, 0.2) is 53.1 Å². The number of nitrogens with zero attached hydrogens (tertiary/aromatic N) is 2. The Morgan fingerprint density at radius 2 is 1.92 bits per heavy atom. The molecular weight excluding hydrogens is 336 g/mol. The maximum atomic E-state index is 12.4. The third-order valence-electron chi connectivity index (χ3n) is 4.02. The lowest BCUT2D eigenvalue weighted by atomic mass is 10.1. The van der Waals surface area contributed by atoms with Crippen molar-refractivity contribution >= 4 is 46.0 Å². The molecule has 3 rings (SSSR count). The van der Waals surface area contributed by atoms with Crippen molar-refractivity contribution in [3.05, 3.63) is 58.7 Å². The summed E-state index contributed by atoms with van der Waals surface area (Å²) < 4.78 is 0.656. The van der Waals surface area contributed by atoms with Crippen LogP contribution in [0.2, 0.25) is 0 Å². The first-order valence-electron chi connectivity index (χ1n) is 8.16. The molecule has 24 heavy (non-hydrogen) atoms. The molecule has 0 aromatic heterocycles. The van der Waals surface area contributed by atoms with E-state index in [-0.39, 0.29) is 5.91 Å². The number of thioether (sulfide) groups is 1. The van der Waals surface area contributed by atoms with E-state index in [0.717, 1.165) is 18.7 Å². The quantitative estimate of drug-likeness (QED) is 0.582. The molecule has 5 heteroatoms. The molecule has 0 unspecified atom stereocenters. The fourth-order valence-corrected chi connectivity index (χ4v) is 4.12. The zero-order valence-corrected chi connectivity index (χ0v) is 15.5. The molecule has 0 spiro atoms. The van der Waals surface area contributed by atoms with E-state index in [1.54, 1.807) is 4.90 Å². The number of anilines is 1. The molecule has 2 heterocycles. The third kappa shape index (κ3) is 3.19. The van der Waals surface area contributed by atoms with Gasteiger partial charge < -0.3 is 4.90 Å². The monoisotopic (exact) mass is 356 g/mol. The zero-order valence-electron chi connectivity index (χ0n) is 13.9. The van der Waals surface area contributed by atoms with Gasteiger partial charge in [-0.3, -0.25) is 9.69 Å². The summed E-state index contributed by atoms with van der Waals surface area (Å²) in [6.07, 6.45) is 9.02. The van der Waals surface area contributed by atoms with Crippen LogP contribution in [-0.4, -0.2) is 28.2 Å². The number of carbonyl (C=O) groups excluding carboxylic acids is 1. The van der Waals surface area contributed by atoms with E-state index >= 15 is 0 Å². The van der Waals surface area contributed by atoms with Crippen molar-refractivity contribution in [1.82, 2.24) is 4.90 Å². The minimum Gasteiger partial charge on any atom is -0.341 e. The van der Waals surface area contributed by atoms with Crippen LogP contribution in [0.4, 0.5) is 5.69 Å². The first-order valence-corrected chi connectivity index (χ1v) is 9.38. The maximum Gasteiger partial charge on any atom is 0.266 e. The molecule has 3 nitrogen and oxygen atoms in total. The Balaban J connectivity index is 1.87. The zero-order chi connectivity index (χ0) is 17.1. The van der Waals surface area contributed by atoms with Crippen LogP contribution in [-0.2, 0) is 4.79 Å². The second-order valence-corrected chi connectivity index (χ2v) is 7.26. The molecule has 0 radical (unpaired) electrons. The summed E-state index contributed by atoms with van der Waals surface area (Å²) in [5.41, 5.74) is 3.49. The average Bonchev–Trinajstić information content (AvgIpc) is 2.87. The third-order valence-corrected chi connectivity index (χ3v) is 5.41. The second-order valence-electron chi connectivity index (χ2n) is 5.58. The summed E-state index contributed by atoms with van der Waals surface area (Å²) in [4.78, 5) is 17.1. The van der Waals surface area contributed by atoms with Crippen LogP contribution in [0.3, 0.4) is 0 Å². The second kappa shape index (κ2) is 7.36. The summed E-state index contributed by atoms with van der Waals surface area (Å²) >= 11 is 6.70. The van der Waals surface area contributed by atoms with Crippen molar-refractivity contribution in [1.29, 1.82) is 0 Å². The van der Waals surface area contributed by atoms with Gasteiger partial charge in [0, 0.05) is 24.5 Å². The Kier molecular flexibility index (Phi) is 5.21. The molecule has 1 aromatic carbocycles. The number of hydrogen-bond acceptors (Lipinski definition) is 4. The van der Waals surface area contributed by atoms with E-state index in [0.29, 0.717) is 15.8 Å². The topological polar surface area (TPSA) is 23.6 Å². The number of carbonyl (C=O) groups is 1. The largest absolute Gasteiger partial charge is 0.341 e. The molecule has 0 aliphatic carbocycles. The highest BCUT2D eigenvalue weighted by molar-refractivity contribution is 8.26. The predicted molar refractivity (Wildman–Crippen MR) is 107 cm³/mol. The van der Waals surface area contributed by atoms with E-state index in [1.807, 2.05) is 31.2 Å². The van der Waals surface area contributed by atoms with Gasteiger partial charge in [0.05, 0.1) is 4.91 Å². The molecule has 0 bridgehead atoms.